The molecule has 0 saturated carbocycles. The van der Waals surface area contributed by atoms with Gasteiger partial charge in [-0.3, -0.25) is 0 Å². The Morgan fingerprint density at radius 1 is 1.19 bits per heavy atom. The fourth-order valence-corrected chi connectivity index (χ4v) is 1.44. The van der Waals surface area contributed by atoms with Gasteiger partial charge in [0.25, 0.3) is 0 Å². The minimum atomic E-state index is 0.771. The third-order valence-corrected chi connectivity index (χ3v) is 2.35. The highest BCUT2D eigenvalue weighted by Crippen LogP contribution is 2.12. The van der Waals surface area contributed by atoms with E-state index in [1.165, 1.54) is 25.5 Å². The first-order valence-corrected chi connectivity index (χ1v) is 5.77. The summed E-state index contributed by atoms with van der Waals surface area (Å²) in [5.41, 5.74) is 0.862. The number of oxime groups is 1. The fourth-order valence-electron chi connectivity index (χ4n) is 1.44. The first-order chi connectivity index (χ1) is 7.86. The van der Waals surface area contributed by atoms with Gasteiger partial charge in [-0.25, -0.2) is 0 Å². The van der Waals surface area contributed by atoms with Crippen molar-refractivity contribution in [3.05, 3.63) is 29.8 Å². The maximum Gasteiger partial charge on any atom is 0.119 e. The smallest absolute Gasteiger partial charge is 0.119 e. The van der Waals surface area contributed by atoms with Gasteiger partial charge in [-0.15, -0.1) is 0 Å². The molecule has 0 unspecified atom stereocenters. The quantitative estimate of drug-likeness (QED) is 0.331. The molecular formula is C13H19NO2. The van der Waals surface area contributed by atoms with Crippen LogP contribution in [0.2, 0.25) is 0 Å². The zero-order valence-electron chi connectivity index (χ0n) is 9.72. The van der Waals surface area contributed by atoms with Gasteiger partial charge >= 0.3 is 0 Å². The van der Waals surface area contributed by atoms with Crippen LogP contribution in [0.4, 0.5) is 0 Å². The van der Waals surface area contributed by atoms with Crippen molar-refractivity contribution < 1.29 is 9.94 Å². The minimum absolute atomic E-state index is 0.771. The summed E-state index contributed by atoms with van der Waals surface area (Å²) >= 11 is 0. The van der Waals surface area contributed by atoms with E-state index in [9.17, 15) is 0 Å². The Bertz CT molecular complexity index is 306. The number of benzene rings is 1. The maximum absolute atomic E-state index is 8.35. The van der Waals surface area contributed by atoms with Crippen LogP contribution in [0.15, 0.2) is 29.4 Å². The summed E-state index contributed by atoms with van der Waals surface area (Å²) < 4.78 is 5.58. The molecule has 0 atom stereocenters. The topological polar surface area (TPSA) is 41.8 Å². The van der Waals surface area contributed by atoms with E-state index >= 15 is 0 Å². The first kappa shape index (κ1) is 12.6. The van der Waals surface area contributed by atoms with Crippen LogP contribution in [0.5, 0.6) is 5.75 Å². The molecule has 0 aliphatic heterocycles. The second-order valence-corrected chi connectivity index (χ2v) is 3.72. The zero-order chi connectivity index (χ0) is 11.6. The van der Waals surface area contributed by atoms with Crippen molar-refractivity contribution in [2.24, 2.45) is 5.16 Å². The van der Waals surface area contributed by atoms with Crippen LogP contribution in [-0.4, -0.2) is 18.0 Å². The van der Waals surface area contributed by atoms with E-state index in [0.29, 0.717) is 0 Å². The summed E-state index contributed by atoms with van der Waals surface area (Å²) in [7, 11) is 0. The van der Waals surface area contributed by atoms with Gasteiger partial charge in [0.1, 0.15) is 5.75 Å². The molecule has 3 nitrogen and oxygen atoms in total. The lowest BCUT2D eigenvalue weighted by Crippen LogP contribution is -1.97. The fraction of sp³-hybridized carbons (Fsp3) is 0.462. The van der Waals surface area contributed by atoms with E-state index in [4.69, 9.17) is 9.94 Å². The Morgan fingerprint density at radius 3 is 2.56 bits per heavy atom. The molecule has 0 fully saturated rings. The van der Waals surface area contributed by atoms with Gasteiger partial charge in [0.2, 0.25) is 0 Å². The van der Waals surface area contributed by atoms with Crippen molar-refractivity contribution in [3.8, 4) is 5.75 Å². The predicted molar refractivity (Wildman–Crippen MR) is 65.5 cm³/mol. The van der Waals surface area contributed by atoms with Crippen LogP contribution in [0.1, 0.15) is 38.2 Å². The molecule has 1 aromatic carbocycles. The van der Waals surface area contributed by atoms with Gasteiger partial charge in [0, 0.05) is 0 Å². The van der Waals surface area contributed by atoms with E-state index in [-0.39, 0.29) is 0 Å². The molecule has 1 aromatic rings. The van der Waals surface area contributed by atoms with Gasteiger partial charge < -0.3 is 9.94 Å². The summed E-state index contributed by atoms with van der Waals surface area (Å²) in [5, 5.41) is 11.3. The Hall–Kier alpha value is -1.51. The number of rotatable bonds is 7. The molecule has 16 heavy (non-hydrogen) atoms. The van der Waals surface area contributed by atoms with Gasteiger partial charge in [-0.2, -0.15) is 0 Å². The van der Waals surface area contributed by atoms with Crippen molar-refractivity contribution in [1.82, 2.24) is 0 Å². The molecule has 0 amide bonds. The van der Waals surface area contributed by atoms with Crippen LogP contribution < -0.4 is 4.74 Å². The third kappa shape index (κ3) is 4.82. The molecule has 3 heteroatoms. The molecule has 0 aromatic heterocycles. The second kappa shape index (κ2) is 7.74. The van der Waals surface area contributed by atoms with Crippen molar-refractivity contribution >= 4 is 6.21 Å². The number of nitrogens with zero attached hydrogens (tertiary/aromatic N) is 1. The lowest BCUT2D eigenvalue weighted by Gasteiger charge is -2.05. The number of hydrogen-bond donors (Lipinski definition) is 1. The summed E-state index contributed by atoms with van der Waals surface area (Å²) in [4.78, 5) is 0. The minimum Gasteiger partial charge on any atom is -0.494 e. The Labute approximate surface area is 96.7 Å². The highest BCUT2D eigenvalue weighted by atomic mass is 16.5. The molecule has 0 heterocycles. The second-order valence-electron chi connectivity index (χ2n) is 3.72. The molecule has 1 rings (SSSR count). The van der Waals surface area contributed by atoms with E-state index in [0.717, 1.165) is 24.3 Å². The summed E-state index contributed by atoms with van der Waals surface area (Å²) in [6, 6.07) is 7.50. The zero-order valence-corrected chi connectivity index (χ0v) is 9.72. The SMILES string of the molecule is CCCCCCOc1ccc(C=NO)cc1. The maximum atomic E-state index is 8.35. The average molecular weight is 221 g/mol. The molecule has 0 aliphatic carbocycles. The van der Waals surface area contributed by atoms with Gasteiger partial charge in [-0.05, 0) is 36.2 Å². The highest BCUT2D eigenvalue weighted by Gasteiger charge is 1.94. The standard InChI is InChI=1S/C13H19NO2/c1-2-3-4-5-10-16-13-8-6-12(7-9-13)11-14-15/h6-9,11,15H,2-5,10H2,1H3. The third-order valence-electron chi connectivity index (χ3n) is 2.35. The Kier molecular flexibility index (Phi) is 6.07. The van der Waals surface area contributed by atoms with Gasteiger partial charge in [0.15, 0.2) is 0 Å². The van der Waals surface area contributed by atoms with E-state index < -0.39 is 0 Å². The monoisotopic (exact) mass is 221 g/mol. The van der Waals surface area contributed by atoms with Crippen LogP contribution in [0, 0.1) is 0 Å². The van der Waals surface area contributed by atoms with Crippen LogP contribution in [0.25, 0.3) is 0 Å². The molecule has 0 bridgehead atoms. The van der Waals surface area contributed by atoms with Crippen LogP contribution in [-0.2, 0) is 0 Å². The van der Waals surface area contributed by atoms with Gasteiger partial charge in [0.05, 0.1) is 12.8 Å². The van der Waals surface area contributed by atoms with Crippen molar-refractivity contribution in [1.29, 1.82) is 0 Å². The Balaban J connectivity index is 2.26. The van der Waals surface area contributed by atoms with Crippen molar-refractivity contribution in [3.63, 3.8) is 0 Å². The van der Waals surface area contributed by atoms with Crippen LogP contribution in [0.3, 0.4) is 0 Å². The van der Waals surface area contributed by atoms with E-state index in [1.807, 2.05) is 24.3 Å². The lowest BCUT2D eigenvalue weighted by atomic mass is 10.2. The van der Waals surface area contributed by atoms with E-state index in [2.05, 4.69) is 12.1 Å². The molecule has 0 spiro atoms. The molecule has 0 saturated heterocycles. The van der Waals surface area contributed by atoms with E-state index in [1.54, 1.807) is 0 Å². The van der Waals surface area contributed by atoms with Crippen molar-refractivity contribution in [2.75, 3.05) is 6.61 Å². The van der Waals surface area contributed by atoms with Crippen molar-refractivity contribution in [2.45, 2.75) is 32.6 Å². The largest absolute Gasteiger partial charge is 0.494 e. The van der Waals surface area contributed by atoms with Crippen LogP contribution >= 0.6 is 0 Å². The van der Waals surface area contributed by atoms with Gasteiger partial charge in [-0.1, -0.05) is 31.3 Å². The summed E-state index contributed by atoms with van der Waals surface area (Å²) in [6.45, 7) is 2.97. The molecule has 1 N–H and O–H groups in total. The predicted octanol–water partition coefficient (Wildman–Crippen LogP) is 3.45. The highest BCUT2D eigenvalue weighted by molar-refractivity contribution is 5.79. The molecule has 0 radical (unpaired) electrons. The molecular weight excluding hydrogens is 202 g/mol. The number of hydrogen-bond acceptors (Lipinski definition) is 3. The normalized spacial score (nSPS) is 10.8. The average Bonchev–Trinajstić information content (AvgIpc) is 2.31. The first-order valence-electron chi connectivity index (χ1n) is 5.77. The summed E-state index contributed by atoms with van der Waals surface area (Å²) in [5.74, 6) is 0.867. The number of unbranched alkanes of at least 4 members (excludes halogenated alkanes) is 3. The lowest BCUT2D eigenvalue weighted by molar-refractivity contribution is 0.305. The number of ether oxygens (including phenoxy) is 1. The summed E-state index contributed by atoms with van der Waals surface area (Å²) in [6.07, 6.45) is 6.24. The molecule has 88 valence electrons. The molecule has 0 aliphatic rings. The Morgan fingerprint density at radius 2 is 1.94 bits per heavy atom.